The number of nitrogens with two attached hydrogens (primary N) is 1. The zero-order valence-corrected chi connectivity index (χ0v) is 16.1. The van der Waals surface area contributed by atoms with Gasteiger partial charge in [0.1, 0.15) is 23.0 Å². The maximum Gasteiger partial charge on any atom is 0.143 e. The number of aromatic nitrogens is 4. The highest BCUT2D eigenvalue weighted by atomic mass is 35.5. The number of nitrogens with zero attached hydrogens (tertiary/aromatic N) is 4. The lowest BCUT2D eigenvalue weighted by atomic mass is 10.1. The van der Waals surface area contributed by atoms with Crippen molar-refractivity contribution in [2.24, 2.45) is 0 Å². The van der Waals surface area contributed by atoms with Crippen molar-refractivity contribution in [3.05, 3.63) is 22.5 Å². The van der Waals surface area contributed by atoms with E-state index in [0.29, 0.717) is 22.5 Å². The molecular formula is C18H24ClN5O. The third kappa shape index (κ3) is 2.88. The van der Waals surface area contributed by atoms with Crippen LogP contribution in [0.25, 0.3) is 22.3 Å². The van der Waals surface area contributed by atoms with Gasteiger partial charge in [0.25, 0.3) is 0 Å². The van der Waals surface area contributed by atoms with E-state index in [2.05, 4.69) is 24.0 Å². The smallest absolute Gasteiger partial charge is 0.143 e. The molecule has 134 valence electrons. The Labute approximate surface area is 152 Å². The summed E-state index contributed by atoms with van der Waals surface area (Å²) in [5.74, 6) is 1.86. The number of pyridine rings is 1. The van der Waals surface area contributed by atoms with Crippen LogP contribution in [0.15, 0.2) is 10.7 Å². The molecule has 1 saturated carbocycles. The molecule has 0 bridgehead atoms. The summed E-state index contributed by atoms with van der Waals surface area (Å²) >= 11 is 6.36. The van der Waals surface area contributed by atoms with Crippen molar-refractivity contribution in [2.75, 3.05) is 5.73 Å². The van der Waals surface area contributed by atoms with Crippen molar-refractivity contribution >= 4 is 28.3 Å². The third-order valence-corrected chi connectivity index (χ3v) is 4.61. The number of halogens is 1. The highest BCUT2D eigenvalue weighted by molar-refractivity contribution is 6.35. The first kappa shape index (κ1) is 17.7. The molecule has 0 aromatic carbocycles. The van der Waals surface area contributed by atoms with Crippen LogP contribution in [0.1, 0.15) is 63.8 Å². The van der Waals surface area contributed by atoms with E-state index < -0.39 is 0 Å². The van der Waals surface area contributed by atoms with Gasteiger partial charge in [0.15, 0.2) is 0 Å². The molecular weight excluding hydrogens is 338 g/mol. The van der Waals surface area contributed by atoms with Crippen molar-refractivity contribution in [3.8, 4) is 11.4 Å². The van der Waals surface area contributed by atoms with Gasteiger partial charge < -0.3 is 10.3 Å². The molecule has 1 fully saturated rings. The number of rotatable bonds is 3. The lowest BCUT2D eigenvalue weighted by Crippen LogP contribution is -2.03. The minimum absolute atomic E-state index is 0.139. The van der Waals surface area contributed by atoms with Gasteiger partial charge in [0.2, 0.25) is 0 Å². The van der Waals surface area contributed by atoms with Crippen LogP contribution >= 0.6 is 11.6 Å². The first-order chi connectivity index (χ1) is 12.0. The molecule has 0 amide bonds. The summed E-state index contributed by atoms with van der Waals surface area (Å²) in [4.78, 5) is 4.18. The normalized spacial score (nSPS) is 14.0. The summed E-state index contributed by atoms with van der Waals surface area (Å²) in [5, 5.41) is 10.3. The monoisotopic (exact) mass is 361 g/mol. The molecule has 2 N–H and O–H groups in total. The predicted octanol–water partition coefficient (Wildman–Crippen LogP) is 5.11. The van der Waals surface area contributed by atoms with E-state index in [9.17, 15) is 0 Å². The van der Waals surface area contributed by atoms with Crippen LogP contribution in [0.2, 0.25) is 5.02 Å². The van der Waals surface area contributed by atoms with Crippen LogP contribution < -0.4 is 5.73 Å². The number of fused-ring (bicyclic) bond motifs is 1. The number of anilines is 1. The zero-order chi connectivity index (χ0) is 18.3. The van der Waals surface area contributed by atoms with Crippen LogP contribution in [0.3, 0.4) is 0 Å². The molecule has 0 atom stereocenters. The molecule has 0 aliphatic heterocycles. The van der Waals surface area contributed by atoms with E-state index in [4.69, 9.17) is 27.0 Å². The molecule has 6 nitrogen and oxygen atoms in total. The predicted molar refractivity (Wildman–Crippen MR) is 101 cm³/mol. The van der Waals surface area contributed by atoms with Crippen molar-refractivity contribution in [1.82, 2.24) is 19.9 Å². The SMILES string of the molecule is CC.Cc1c(-c2nn(C(C)C)c3c(Cl)cnc(N)c23)noc1C1CC1. The molecule has 0 radical (unpaired) electrons. The van der Waals surface area contributed by atoms with Crippen LogP contribution in [0.5, 0.6) is 0 Å². The second kappa shape index (κ2) is 6.67. The quantitative estimate of drug-likeness (QED) is 0.700. The summed E-state index contributed by atoms with van der Waals surface area (Å²) < 4.78 is 7.44. The Morgan fingerprint density at radius 1 is 1.28 bits per heavy atom. The Morgan fingerprint density at radius 2 is 1.96 bits per heavy atom. The van der Waals surface area contributed by atoms with Gasteiger partial charge in [-0.2, -0.15) is 5.10 Å². The standard InChI is InChI=1S/C16H18ClN5O.C2H6/c1-7(2)22-14-10(17)6-19-16(18)11(14)13(20-22)12-8(3)15(23-21-12)9-4-5-9;1-2/h6-7,9H,4-5H2,1-3H3,(H2,18,19);1-2H3. The van der Waals surface area contributed by atoms with Gasteiger partial charge in [0.05, 0.1) is 22.1 Å². The van der Waals surface area contributed by atoms with E-state index in [-0.39, 0.29) is 6.04 Å². The Balaban J connectivity index is 0.000000880. The van der Waals surface area contributed by atoms with Crippen molar-refractivity contribution < 1.29 is 4.52 Å². The van der Waals surface area contributed by atoms with Crippen LogP contribution in [0.4, 0.5) is 5.82 Å². The highest BCUT2D eigenvalue weighted by Gasteiger charge is 2.32. The topological polar surface area (TPSA) is 82.8 Å². The summed E-state index contributed by atoms with van der Waals surface area (Å²) in [6.45, 7) is 10.1. The first-order valence-corrected chi connectivity index (χ1v) is 9.15. The lowest BCUT2D eigenvalue weighted by Gasteiger charge is -2.07. The minimum atomic E-state index is 0.139. The molecule has 25 heavy (non-hydrogen) atoms. The van der Waals surface area contributed by atoms with Gasteiger partial charge in [-0.3, -0.25) is 4.68 Å². The Kier molecular flexibility index (Phi) is 4.73. The fourth-order valence-electron chi connectivity index (χ4n) is 2.99. The number of hydrogen-bond donors (Lipinski definition) is 1. The van der Waals surface area contributed by atoms with Gasteiger partial charge in [0, 0.05) is 17.5 Å². The van der Waals surface area contributed by atoms with Crippen LogP contribution in [0, 0.1) is 6.92 Å². The maximum absolute atomic E-state index is 6.36. The molecule has 7 heteroatoms. The molecule has 3 heterocycles. The van der Waals surface area contributed by atoms with Gasteiger partial charge in [-0.25, -0.2) is 4.98 Å². The summed E-state index contributed by atoms with van der Waals surface area (Å²) in [6, 6.07) is 0.139. The first-order valence-electron chi connectivity index (χ1n) is 8.77. The zero-order valence-electron chi connectivity index (χ0n) is 15.3. The number of hydrogen-bond acceptors (Lipinski definition) is 5. The average molecular weight is 362 g/mol. The molecule has 0 spiro atoms. The van der Waals surface area contributed by atoms with Gasteiger partial charge >= 0.3 is 0 Å². The van der Waals surface area contributed by atoms with Crippen LogP contribution in [-0.4, -0.2) is 19.9 Å². The van der Waals surface area contributed by atoms with Gasteiger partial charge in [-0.05, 0) is 33.6 Å². The van der Waals surface area contributed by atoms with E-state index in [1.54, 1.807) is 6.20 Å². The average Bonchev–Trinajstić information content (AvgIpc) is 3.24. The van der Waals surface area contributed by atoms with Crippen molar-refractivity contribution in [1.29, 1.82) is 0 Å². The Bertz CT molecular complexity index is 908. The summed E-state index contributed by atoms with van der Waals surface area (Å²) in [5.41, 5.74) is 9.36. The lowest BCUT2D eigenvalue weighted by molar-refractivity contribution is 0.385. The van der Waals surface area contributed by atoms with Gasteiger partial charge in [-0.15, -0.1) is 0 Å². The molecule has 4 rings (SSSR count). The van der Waals surface area contributed by atoms with Crippen molar-refractivity contribution in [3.63, 3.8) is 0 Å². The Morgan fingerprint density at radius 3 is 2.56 bits per heavy atom. The van der Waals surface area contributed by atoms with Crippen molar-refractivity contribution in [2.45, 2.75) is 59.4 Å². The third-order valence-electron chi connectivity index (χ3n) is 4.33. The largest absolute Gasteiger partial charge is 0.383 e. The van der Waals surface area contributed by atoms with Crippen LogP contribution in [-0.2, 0) is 0 Å². The molecule has 3 aromatic heterocycles. The maximum atomic E-state index is 6.36. The molecule has 0 unspecified atom stereocenters. The fourth-order valence-corrected chi connectivity index (χ4v) is 3.22. The summed E-state index contributed by atoms with van der Waals surface area (Å²) in [6.07, 6.45) is 3.88. The fraction of sp³-hybridized carbons (Fsp3) is 0.500. The molecule has 1 aliphatic rings. The van der Waals surface area contributed by atoms with Gasteiger partial charge in [-0.1, -0.05) is 30.6 Å². The Hall–Kier alpha value is -2.08. The van der Waals surface area contributed by atoms with E-state index in [1.807, 2.05) is 25.5 Å². The van der Waals surface area contributed by atoms with E-state index >= 15 is 0 Å². The summed E-state index contributed by atoms with van der Waals surface area (Å²) in [7, 11) is 0. The minimum Gasteiger partial charge on any atom is -0.383 e. The second-order valence-corrected chi connectivity index (χ2v) is 6.80. The second-order valence-electron chi connectivity index (χ2n) is 6.40. The number of nitrogen functional groups attached to an aromatic ring is 1. The molecule has 0 saturated heterocycles. The molecule has 3 aromatic rings. The highest BCUT2D eigenvalue weighted by Crippen LogP contribution is 2.45. The van der Waals surface area contributed by atoms with E-state index in [1.165, 1.54) is 0 Å². The van der Waals surface area contributed by atoms with E-state index in [0.717, 1.165) is 40.8 Å². The molecule has 1 aliphatic carbocycles.